The van der Waals surface area contributed by atoms with Crippen molar-refractivity contribution in [2.45, 2.75) is 57.3 Å². The van der Waals surface area contributed by atoms with Crippen LogP contribution in [0.5, 0.6) is 0 Å². The molecule has 3 saturated heterocycles. The Kier molecular flexibility index (Phi) is 3.61. The molecule has 7 heteroatoms. The van der Waals surface area contributed by atoms with Crippen LogP contribution in [0.15, 0.2) is 6.33 Å². The molecule has 0 N–H and O–H groups in total. The number of ether oxygens (including phenoxy) is 1. The Balaban J connectivity index is 1.35. The average Bonchev–Trinajstić information content (AvgIpc) is 3.04. The van der Waals surface area contributed by atoms with E-state index in [-0.39, 0.29) is 29.8 Å². The Morgan fingerprint density at radius 1 is 1.24 bits per heavy atom. The van der Waals surface area contributed by atoms with Gasteiger partial charge in [0.1, 0.15) is 5.54 Å². The Hall–Kier alpha value is -1.89. The maximum atomic E-state index is 13.9. The summed E-state index contributed by atoms with van der Waals surface area (Å²) in [5.41, 5.74) is 1.73. The van der Waals surface area contributed by atoms with Gasteiger partial charge in [0.2, 0.25) is 11.8 Å². The van der Waals surface area contributed by atoms with Gasteiger partial charge in [0.05, 0.1) is 30.1 Å². The average molecular weight is 399 g/mol. The van der Waals surface area contributed by atoms with Crippen LogP contribution in [0.3, 0.4) is 0 Å². The van der Waals surface area contributed by atoms with Crippen molar-refractivity contribution in [2.24, 2.45) is 30.7 Å². The highest BCUT2D eigenvalue weighted by Gasteiger charge is 2.65. The van der Waals surface area contributed by atoms with Gasteiger partial charge in [0.25, 0.3) is 0 Å². The lowest BCUT2D eigenvalue weighted by Crippen LogP contribution is -2.58. The highest BCUT2D eigenvalue weighted by molar-refractivity contribution is 5.83. The Morgan fingerprint density at radius 3 is 2.79 bits per heavy atom. The lowest BCUT2D eigenvalue weighted by Gasteiger charge is -2.45. The maximum Gasteiger partial charge on any atom is 0.229 e. The number of carbonyl (C=O) groups excluding carboxylic acids is 2. The fourth-order valence-corrected chi connectivity index (χ4v) is 6.67. The molecule has 29 heavy (non-hydrogen) atoms. The molecule has 156 valence electrons. The molecule has 7 nitrogen and oxygen atoms in total. The van der Waals surface area contributed by atoms with Crippen molar-refractivity contribution in [3.05, 3.63) is 17.7 Å². The van der Waals surface area contributed by atoms with Gasteiger partial charge in [-0.2, -0.15) is 0 Å². The topological polar surface area (TPSA) is 67.7 Å². The van der Waals surface area contributed by atoms with Gasteiger partial charge in [-0.15, -0.1) is 0 Å². The van der Waals surface area contributed by atoms with Crippen LogP contribution < -0.4 is 0 Å². The van der Waals surface area contributed by atoms with E-state index < -0.39 is 5.54 Å². The number of amides is 2. The molecular formula is C22H30N4O3. The third-order valence-corrected chi connectivity index (χ3v) is 8.23. The summed E-state index contributed by atoms with van der Waals surface area (Å²) in [6, 6.07) is 0. The molecule has 1 unspecified atom stereocenters. The molecule has 5 heterocycles. The van der Waals surface area contributed by atoms with Gasteiger partial charge in [0.15, 0.2) is 0 Å². The minimum atomic E-state index is -0.485. The first-order valence-corrected chi connectivity index (χ1v) is 11.2. The van der Waals surface area contributed by atoms with Crippen molar-refractivity contribution in [2.75, 3.05) is 19.6 Å². The van der Waals surface area contributed by atoms with Crippen LogP contribution in [0.2, 0.25) is 0 Å². The summed E-state index contributed by atoms with van der Waals surface area (Å²) < 4.78 is 8.23. The van der Waals surface area contributed by atoms with E-state index in [0.717, 1.165) is 25.0 Å². The van der Waals surface area contributed by atoms with Gasteiger partial charge in [-0.05, 0) is 31.1 Å². The fraction of sp³-hybridized carbons (Fsp3) is 0.773. The third kappa shape index (κ3) is 2.31. The molecule has 1 aliphatic carbocycles. The lowest BCUT2D eigenvalue weighted by atomic mass is 9.82. The second kappa shape index (κ2) is 5.84. The molecule has 4 aliphatic heterocycles. The number of hydrogen-bond donors (Lipinski definition) is 0. The summed E-state index contributed by atoms with van der Waals surface area (Å²) in [7, 11) is 2.03. The normalized spacial score (nSPS) is 39.4. The van der Waals surface area contributed by atoms with Crippen LogP contribution in [0, 0.1) is 23.7 Å². The smallest absolute Gasteiger partial charge is 0.229 e. The van der Waals surface area contributed by atoms with Gasteiger partial charge in [0, 0.05) is 44.7 Å². The zero-order valence-corrected chi connectivity index (χ0v) is 17.5. The third-order valence-electron chi connectivity index (χ3n) is 8.23. The number of likely N-dealkylation sites (tertiary alicyclic amines) is 1. The summed E-state index contributed by atoms with van der Waals surface area (Å²) in [5.74, 6) is 1.68. The number of hydrogen-bond acceptors (Lipinski definition) is 4. The molecule has 1 aromatic heterocycles. The molecular weight excluding hydrogens is 368 g/mol. The first-order valence-electron chi connectivity index (χ1n) is 11.2. The van der Waals surface area contributed by atoms with Crippen molar-refractivity contribution in [1.29, 1.82) is 0 Å². The first kappa shape index (κ1) is 17.9. The van der Waals surface area contributed by atoms with E-state index in [1.807, 2.05) is 32.1 Å². The summed E-state index contributed by atoms with van der Waals surface area (Å²) in [6.45, 7) is 5.85. The molecule has 0 radical (unpaired) electrons. The van der Waals surface area contributed by atoms with E-state index >= 15 is 0 Å². The maximum absolute atomic E-state index is 13.9. The van der Waals surface area contributed by atoms with Gasteiger partial charge < -0.3 is 19.1 Å². The largest absolute Gasteiger partial charge is 0.374 e. The monoisotopic (exact) mass is 398 g/mol. The van der Waals surface area contributed by atoms with Gasteiger partial charge in [-0.3, -0.25) is 9.59 Å². The molecule has 2 bridgehead atoms. The highest BCUT2D eigenvalue weighted by atomic mass is 16.5. The van der Waals surface area contributed by atoms with Gasteiger partial charge in [-0.25, -0.2) is 4.98 Å². The van der Waals surface area contributed by atoms with Crippen molar-refractivity contribution < 1.29 is 14.3 Å². The molecule has 6 rings (SSSR count). The number of aryl methyl sites for hydroxylation is 1. The highest BCUT2D eigenvalue weighted by Crippen LogP contribution is 2.61. The standard InChI is InChI=1S/C22H30N4O3/c1-12(2)20(27)25-7-5-22(10-25)19-16(24(3)11-23-19)4-6-26(22)21(28)15-9-17-13-8-14(13)18(15)29-17/h11-15,17-18H,4-10H2,1-3H3/t13-,14+,15-,17+,18+,22?/m1/s1. The lowest BCUT2D eigenvalue weighted by molar-refractivity contribution is -0.146. The van der Waals surface area contributed by atoms with Crippen LogP contribution >= 0.6 is 0 Å². The minimum Gasteiger partial charge on any atom is -0.374 e. The van der Waals surface area contributed by atoms with Crippen molar-refractivity contribution in [3.63, 3.8) is 0 Å². The molecule has 1 saturated carbocycles. The van der Waals surface area contributed by atoms with E-state index in [4.69, 9.17) is 9.72 Å². The van der Waals surface area contributed by atoms with Crippen molar-refractivity contribution in [3.8, 4) is 0 Å². The van der Waals surface area contributed by atoms with Crippen LogP contribution in [0.25, 0.3) is 0 Å². The number of carbonyl (C=O) groups is 2. The molecule has 2 amide bonds. The quantitative estimate of drug-likeness (QED) is 0.753. The van der Waals surface area contributed by atoms with E-state index in [1.165, 1.54) is 12.1 Å². The number of rotatable bonds is 2. The molecule has 6 atom stereocenters. The van der Waals surface area contributed by atoms with Crippen LogP contribution in [-0.2, 0) is 33.3 Å². The fourth-order valence-electron chi connectivity index (χ4n) is 6.67. The summed E-state index contributed by atoms with van der Waals surface area (Å²) in [4.78, 5) is 35.4. The second-order valence-corrected chi connectivity index (χ2v) is 10.1. The zero-order valence-electron chi connectivity index (χ0n) is 17.5. The number of fused-ring (bicyclic) bond motifs is 7. The minimum absolute atomic E-state index is 0.0132. The SMILES string of the molecule is CC(C)C(=O)N1CCC2(C1)c1ncn(C)c1CCN2C(=O)[C@@H]1C[C@@H]2O[C@H]1[C@H]1C[C@H]12. The molecule has 5 aliphatic rings. The molecule has 4 fully saturated rings. The predicted octanol–water partition coefficient (Wildman–Crippen LogP) is 1.31. The van der Waals surface area contributed by atoms with Crippen LogP contribution in [0.4, 0.5) is 0 Å². The molecule has 1 spiro atoms. The molecule has 1 aromatic rings. The predicted molar refractivity (Wildman–Crippen MR) is 105 cm³/mol. The number of aromatic nitrogens is 2. The summed E-state index contributed by atoms with van der Waals surface area (Å²) in [5, 5.41) is 0. The van der Waals surface area contributed by atoms with Crippen LogP contribution in [0.1, 0.15) is 44.5 Å². The zero-order chi connectivity index (χ0) is 20.1. The van der Waals surface area contributed by atoms with Crippen molar-refractivity contribution >= 4 is 11.8 Å². The van der Waals surface area contributed by atoms with Crippen molar-refractivity contribution in [1.82, 2.24) is 19.4 Å². The van der Waals surface area contributed by atoms with E-state index in [9.17, 15) is 9.59 Å². The Labute approximate surface area is 171 Å². The van der Waals surface area contributed by atoms with E-state index in [0.29, 0.717) is 37.6 Å². The Bertz CT molecular complexity index is 895. The van der Waals surface area contributed by atoms with E-state index in [1.54, 1.807) is 0 Å². The summed E-state index contributed by atoms with van der Waals surface area (Å²) in [6.07, 6.45) is 6.00. The van der Waals surface area contributed by atoms with Gasteiger partial charge in [-0.1, -0.05) is 13.8 Å². The first-order chi connectivity index (χ1) is 13.9. The number of imidazole rings is 1. The number of nitrogens with zero attached hydrogens (tertiary/aromatic N) is 4. The van der Waals surface area contributed by atoms with E-state index in [2.05, 4.69) is 9.47 Å². The molecule has 0 aromatic carbocycles. The second-order valence-electron chi connectivity index (χ2n) is 10.1. The van der Waals surface area contributed by atoms with Gasteiger partial charge >= 0.3 is 0 Å². The summed E-state index contributed by atoms with van der Waals surface area (Å²) >= 11 is 0. The Morgan fingerprint density at radius 2 is 2.07 bits per heavy atom. The van der Waals surface area contributed by atoms with Crippen LogP contribution in [-0.4, -0.2) is 63.0 Å².